The van der Waals surface area contributed by atoms with Crippen LogP contribution in [0.15, 0.2) is 16.1 Å². The molecule has 0 spiro atoms. The molecule has 4 rings (SSSR count). The number of aliphatic hydroxyl groups excluding tert-OH is 1. The summed E-state index contributed by atoms with van der Waals surface area (Å²) in [6, 6.07) is -2.53. The van der Waals surface area contributed by atoms with Gasteiger partial charge in [-0.1, -0.05) is 0 Å². The number of aliphatic hydroxyl groups is 1. The molecule has 0 aromatic carbocycles. The largest absolute Gasteiger partial charge is 0.464 e. The van der Waals surface area contributed by atoms with Crippen molar-refractivity contribution in [2.75, 3.05) is 14.2 Å². The smallest absolute Gasteiger partial charge is 0.357 e. The number of hydrogen-bond acceptors (Lipinski definition) is 15. The van der Waals surface area contributed by atoms with Crippen LogP contribution in [0.3, 0.4) is 0 Å². The summed E-state index contributed by atoms with van der Waals surface area (Å²) in [5.41, 5.74) is 11.8. The molecule has 0 bridgehead atoms. The van der Waals surface area contributed by atoms with E-state index in [0.29, 0.717) is 33.6 Å². The highest BCUT2D eigenvalue weighted by molar-refractivity contribution is 7.10. The molecule has 0 aliphatic carbocycles. The van der Waals surface area contributed by atoms with E-state index in [0.717, 1.165) is 0 Å². The maximum Gasteiger partial charge on any atom is 0.357 e. The number of nitrogens with one attached hydrogen (secondary N) is 2. The minimum atomic E-state index is -1.17. The number of hydrogen-bond donors (Lipinski definition) is 5. The first kappa shape index (κ1) is 30.1. The van der Waals surface area contributed by atoms with Gasteiger partial charge in [-0.25, -0.2) is 24.5 Å². The van der Waals surface area contributed by atoms with E-state index in [4.69, 9.17) is 25.9 Å². The number of piperidine rings is 1. The van der Waals surface area contributed by atoms with Crippen molar-refractivity contribution in [2.45, 2.75) is 62.5 Å². The van der Waals surface area contributed by atoms with Crippen molar-refractivity contribution in [3.63, 3.8) is 0 Å². The third-order valence-corrected chi connectivity index (χ3v) is 9.53. The van der Waals surface area contributed by atoms with Gasteiger partial charge in [-0.05, 0) is 26.7 Å². The van der Waals surface area contributed by atoms with E-state index in [9.17, 15) is 19.5 Å². The fraction of sp³-hybridized carbons (Fsp3) is 0.500. The molecule has 40 heavy (non-hydrogen) atoms. The molecule has 1 aliphatic rings. The molecule has 1 fully saturated rings. The van der Waals surface area contributed by atoms with Gasteiger partial charge < -0.3 is 31.4 Å². The first-order valence-corrected chi connectivity index (χ1v) is 14.9. The summed E-state index contributed by atoms with van der Waals surface area (Å²) in [5, 5.41) is 23.3. The van der Waals surface area contributed by atoms with Crippen LogP contribution in [0.1, 0.15) is 86.5 Å². The van der Waals surface area contributed by atoms with Crippen LogP contribution < -0.4 is 22.1 Å². The van der Waals surface area contributed by atoms with Crippen LogP contribution in [0.5, 0.6) is 0 Å². The third kappa shape index (κ3) is 5.93. The summed E-state index contributed by atoms with van der Waals surface area (Å²) in [7, 11) is 2.56. The lowest BCUT2D eigenvalue weighted by Gasteiger charge is -2.46. The van der Waals surface area contributed by atoms with Crippen molar-refractivity contribution < 1.29 is 29.0 Å². The molecule has 216 valence electrons. The lowest BCUT2D eigenvalue weighted by molar-refractivity contribution is -0.125. The number of carbonyl (C=O) groups is 3. The van der Waals surface area contributed by atoms with Gasteiger partial charge in [0.25, 0.3) is 0 Å². The second-order valence-electron chi connectivity index (χ2n) is 9.41. The SMILES string of the molecule is COC(=O)c1csc([C@H]2CC[C@](NC(=O)[C@H](C)N)(c3nc(C(=O)OC)cs3)[C@@H](c3csc([C@@H](N)[C@@H](C)O)n3)N2)n1. The number of nitrogens with two attached hydrogens (primary N) is 2. The number of carbonyl (C=O) groups excluding carboxylic acids is 3. The van der Waals surface area contributed by atoms with Gasteiger partial charge in [-0.2, -0.15) is 0 Å². The Balaban J connectivity index is 1.83. The van der Waals surface area contributed by atoms with Crippen LogP contribution in [0.25, 0.3) is 0 Å². The van der Waals surface area contributed by atoms with Gasteiger partial charge in [0.2, 0.25) is 5.91 Å². The number of amides is 1. The number of nitrogens with zero attached hydrogens (tertiary/aromatic N) is 3. The Kier molecular flexibility index (Phi) is 9.29. The molecule has 0 unspecified atom stereocenters. The first-order valence-electron chi connectivity index (χ1n) is 12.3. The summed E-state index contributed by atoms with van der Waals surface area (Å²) in [4.78, 5) is 51.2. The van der Waals surface area contributed by atoms with Crippen LogP contribution >= 0.6 is 34.0 Å². The van der Waals surface area contributed by atoms with Gasteiger partial charge in [-0.3, -0.25) is 10.1 Å². The average Bonchev–Trinajstić information content (AvgIpc) is 3.72. The Labute approximate surface area is 242 Å². The van der Waals surface area contributed by atoms with Crippen molar-refractivity contribution in [3.8, 4) is 0 Å². The zero-order valence-corrected chi connectivity index (χ0v) is 24.7. The second-order valence-corrected chi connectivity index (χ2v) is 12.0. The van der Waals surface area contributed by atoms with Gasteiger partial charge in [0.15, 0.2) is 11.4 Å². The summed E-state index contributed by atoms with van der Waals surface area (Å²) in [6.45, 7) is 3.16. The monoisotopic (exact) mass is 609 g/mol. The van der Waals surface area contributed by atoms with Crippen molar-refractivity contribution in [1.29, 1.82) is 0 Å². The van der Waals surface area contributed by atoms with E-state index in [1.54, 1.807) is 30.0 Å². The predicted octanol–water partition coefficient (Wildman–Crippen LogP) is 1.53. The molecule has 7 N–H and O–H groups in total. The van der Waals surface area contributed by atoms with E-state index in [1.807, 2.05) is 0 Å². The molecule has 6 atom stereocenters. The lowest BCUT2D eigenvalue weighted by Crippen LogP contribution is -2.60. The number of thiazole rings is 3. The molecule has 3 aromatic rings. The predicted molar refractivity (Wildman–Crippen MR) is 149 cm³/mol. The summed E-state index contributed by atoms with van der Waals surface area (Å²) in [5.74, 6) is -1.56. The molecule has 3 aromatic heterocycles. The van der Waals surface area contributed by atoms with Crippen LogP contribution in [-0.2, 0) is 19.8 Å². The number of aromatic nitrogens is 3. The molecule has 4 heterocycles. The molecule has 13 nitrogen and oxygen atoms in total. The van der Waals surface area contributed by atoms with E-state index < -0.39 is 47.6 Å². The Morgan fingerprint density at radius 3 is 2.33 bits per heavy atom. The summed E-state index contributed by atoms with van der Waals surface area (Å²) >= 11 is 3.80. The van der Waals surface area contributed by atoms with Crippen molar-refractivity contribution in [1.82, 2.24) is 25.6 Å². The highest BCUT2D eigenvalue weighted by Gasteiger charge is 2.51. The zero-order valence-electron chi connectivity index (χ0n) is 22.2. The quantitative estimate of drug-likeness (QED) is 0.219. The van der Waals surface area contributed by atoms with E-state index >= 15 is 0 Å². The fourth-order valence-corrected chi connectivity index (χ4v) is 7.17. The molecule has 0 saturated carbocycles. The standard InChI is InChI=1S/C24H31N7O6S3/c1-10(25)18(33)31-24(23-30-15(9-40-23)22(35)37-4)6-5-12(19-29-14(8-38-19)21(34)36-3)27-17(24)13-7-39-20(28-13)16(26)11(2)32/h7-12,16-17,27,32H,5-6,25-26H2,1-4H3,(H,31,33)/t10-,11+,12+,16-,17+,24+/m0/s1. The van der Waals surface area contributed by atoms with Gasteiger partial charge in [0.1, 0.15) is 20.6 Å². The second kappa shape index (κ2) is 12.3. The Morgan fingerprint density at radius 1 is 1.05 bits per heavy atom. The van der Waals surface area contributed by atoms with Crippen LogP contribution in [-0.4, -0.2) is 64.3 Å². The average molecular weight is 610 g/mol. The summed E-state index contributed by atoms with van der Waals surface area (Å²) < 4.78 is 9.65. The van der Waals surface area contributed by atoms with E-state index in [2.05, 4.69) is 20.6 Å². The van der Waals surface area contributed by atoms with Crippen LogP contribution in [0.2, 0.25) is 0 Å². The third-order valence-electron chi connectivity index (χ3n) is 6.58. The Bertz CT molecular complexity index is 1370. The zero-order chi connectivity index (χ0) is 29.2. The van der Waals surface area contributed by atoms with Gasteiger partial charge in [0, 0.05) is 16.1 Å². The maximum atomic E-state index is 13.1. The number of rotatable bonds is 9. The van der Waals surface area contributed by atoms with Crippen molar-refractivity contribution >= 4 is 51.9 Å². The van der Waals surface area contributed by atoms with Gasteiger partial charge >= 0.3 is 11.9 Å². The highest BCUT2D eigenvalue weighted by atomic mass is 32.1. The number of ether oxygens (including phenoxy) is 2. The fourth-order valence-electron chi connectivity index (χ4n) is 4.34. The topological polar surface area (TPSA) is 205 Å². The Morgan fingerprint density at radius 2 is 1.70 bits per heavy atom. The van der Waals surface area contributed by atoms with Crippen molar-refractivity contribution in [3.05, 3.63) is 48.2 Å². The first-order chi connectivity index (χ1) is 19.0. The molecule has 1 saturated heterocycles. The molecule has 0 radical (unpaired) electrons. The minimum Gasteiger partial charge on any atom is -0.464 e. The van der Waals surface area contributed by atoms with Gasteiger partial charge in [-0.15, -0.1) is 34.0 Å². The van der Waals surface area contributed by atoms with E-state index in [-0.39, 0.29) is 17.4 Å². The Hall–Kier alpha value is -2.86. The molecule has 16 heteroatoms. The lowest BCUT2D eigenvalue weighted by atomic mass is 9.78. The maximum absolute atomic E-state index is 13.1. The highest BCUT2D eigenvalue weighted by Crippen LogP contribution is 2.47. The van der Waals surface area contributed by atoms with Crippen molar-refractivity contribution in [2.24, 2.45) is 11.5 Å². The van der Waals surface area contributed by atoms with E-state index in [1.165, 1.54) is 48.2 Å². The molecule has 1 amide bonds. The normalized spacial score (nSPS) is 23.2. The van der Waals surface area contributed by atoms with Crippen LogP contribution in [0, 0.1) is 0 Å². The minimum absolute atomic E-state index is 0.107. The molecular weight excluding hydrogens is 579 g/mol. The van der Waals surface area contributed by atoms with Crippen LogP contribution in [0.4, 0.5) is 0 Å². The number of esters is 2. The molecule has 1 aliphatic heterocycles. The molecular formula is C24H31N7O6S3. The van der Waals surface area contributed by atoms with Gasteiger partial charge in [0.05, 0.1) is 50.2 Å². The number of methoxy groups -OCH3 is 2. The summed E-state index contributed by atoms with van der Waals surface area (Å²) in [6.07, 6.45) is 0.0215.